The summed E-state index contributed by atoms with van der Waals surface area (Å²) in [6, 6.07) is 8.74. The molecule has 0 saturated carbocycles. The summed E-state index contributed by atoms with van der Waals surface area (Å²) in [4.78, 5) is 37.0. The highest BCUT2D eigenvalue weighted by Crippen LogP contribution is 2.18. The van der Waals surface area contributed by atoms with E-state index in [1.807, 2.05) is 6.07 Å². The van der Waals surface area contributed by atoms with Crippen LogP contribution in [-0.2, 0) is 14.3 Å². The molecule has 0 heterocycles. The summed E-state index contributed by atoms with van der Waals surface area (Å²) in [7, 11) is 1.30. The first-order valence-electron chi connectivity index (χ1n) is 12.8. The van der Waals surface area contributed by atoms with Crippen LogP contribution in [0.3, 0.4) is 0 Å². The molecule has 0 amide bonds. The van der Waals surface area contributed by atoms with Crippen molar-refractivity contribution in [2.75, 3.05) is 7.11 Å². The van der Waals surface area contributed by atoms with Gasteiger partial charge in [0, 0.05) is 5.56 Å². The third-order valence-electron chi connectivity index (χ3n) is 6.15. The molecular weight excluding hydrogens is 400 g/mol. The van der Waals surface area contributed by atoms with Gasteiger partial charge in [-0.15, -0.1) is 0 Å². The van der Waals surface area contributed by atoms with Crippen LogP contribution in [-0.4, -0.2) is 24.6 Å². The molecule has 0 saturated heterocycles. The van der Waals surface area contributed by atoms with Crippen LogP contribution < -0.4 is 0 Å². The molecule has 1 unspecified atom stereocenters. The molecule has 4 heteroatoms. The predicted octanol–water partition coefficient (Wildman–Crippen LogP) is 7.49. The maximum absolute atomic E-state index is 12.6. The largest absolute Gasteiger partial charge is 0.468 e. The average molecular weight is 445 g/mol. The number of carbonyl (C=O) groups is 3. The van der Waals surface area contributed by atoms with Gasteiger partial charge < -0.3 is 4.74 Å². The Kier molecular flexibility index (Phi) is 16.3. The number of carbonyl (C=O) groups excluding carboxylic acids is 3. The van der Waals surface area contributed by atoms with Crippen molar-refractivity contribution in [1.82, 2.24) is 0 Å². The molecular formula is C28H44O4. The van der Waals surface area contributed by atoms with Crippen LogP contribution in [0.5, 0.6) is 0 Å². The van der Waals surface area contributed by atoms with Crippen LogP contribution in [0.1, 0.15) is 120 Å². The van der Waals surface area contributed by atoms with E-state index in [4.69, 9.17) is 4.74 Å². The molecule has 1 atom stereocenters. The molecule has 4 nitrogen and oxygen atoms in total. The lowest BCUT2D eigenvalue weighted by atomic mass is 9.92. The molecule has 0 fully saturated rings. The maximum atomic E-state index is 12.6. The Morgan fingerprint density at radius 3 is 1.66 bits per heavy atom. The first-order chi connectivity index (χ1) is 15.6. The normalized spacial score (nSPS) is 11.8. The van der Waals surface area contributed by atoms with E-state index in [-0.39, 0.29) is 18.0 Å². The molecule has 0 aromatic heterocycles. The Labute approximate surface area is 195 Å². The minimum atomic E-state index is -0.829. The van der Waals surface area contributed by atoms with Gasteiger partial charge in [-0.1, -0.05) is 127 Å². The first kappa shape index (κ1) is 28.1. The van der Waals surface area contributed by atoms with Gasteiger partial charge in [-0.3, -0.25) is 14.4 Å². The van der Waals surface area contributed by atoms with E-state index in [0.29, 0.717) is 12.0 Å². The minimum Gasteiger partial charge on any atom is -0.468 e. The molecule has 0 spiro atoms. The van der Waals surface area contributed by atoms with E-state index in [2.05, 4.69) is 6.92 Å². The Balaban J connectivity index is 2.15. The molecule has 1 aromatic rings. The number of benzene rings is 1. The average Bonchev–Trinajstić information content (AvgIpc) is 2.81. The molecule has 0 N–H and O–H groups in total. The summed E-state index contributed by atoms with van der Waals surface area (Å²) in [5.74, 6) is -1.93. The third kappa shape index (κ3) is 12.8. The Morgan fingerprint density at radius 1 is 0.719 bits per heavy atom. The van der Waals surface area contributed by atoms with E-state index in [1.54, 1.807) is 24.3 Å². The fourth-order valence-electron chi connectivity index (χ4n) is 4.10. The first-order valence-corrected chi connectivity index (χ1v) is 12.8. The van der Waals surface area contributed by atoms with Crippen LogP contribution in [0, 0.1) is 5.92 Å². The summed E-state index contributed by atoms with van der Waals surface area (Å²) < 4.78 is 4.82. The highest BCUT2D eigenvalue weighted by molar-refractivity contribution is 6.12. The smallest absolute Gasteiger partial charge is 0.316 e. The number of hydrogen-bond acceptors (Lipinski definition) is 4. The number of hydrogen-bond donors (Lipinski definition) is 0. The zero-order valence-electron chi connectivity index (χ0n) is 20.4. The highest BCUT2D eigenvalue weighted by atomic mass is 16.5. The van der Waals surface area contributed by atoms with E-state index in [0.717, 1.165) is 19.3 Å². The highest BCUT2D eigenvalue weighted by Gasteiger charge is 2.28. The summed E-state index contributed by atoms with van der Waals surface area (Å²) in [6.45, 7) is 2.26. The monoisotopic (exact) mass is 444 g/mol. The minimum absolute atomic E-state index is 0.245. The quantitative estimate of drug-likeness (QED) is 0.0904. The van der Waals surface area contributed by atoms with Gasteiger partial charge in [0.2, 0.25) is 0 Å². The fourth-order valence-corrected chi connectivity index (χ4v) is 4.10. The van der Waals surface area contributed by atoms with Crippen molar-refractivity contribution in [3.05, 3.63) is 35.9 Å². The molecule has 0 aliphatic rings. The van der Waals surface area contributed by atoms with Crippen LogP contribution in [0.4, 0.5) is 0 Å². The van der Waals surface area contributed by atoms with Crippen molar-refractivity contribution in [1.29, 1.82) is 0 Å². The Morgan fingerprint density at radius 2 is 1.19 bits per heavy atom. The van der Waals surface area contributed by atoms with Gasteiger partial charge in [-0.05, 0) is 6.42 Å². The van der Waals surface area contributed by atoms with E-state index >= 15 is 0 Å². The predicted molar refractivity (Wildman–Crippen MR) is 131 cm³/mol. The molecule has 1 rings (SSSR count). The van der Waals surface area contributed by atoms with E-state index in [1.165, 1.54) is 77.7 Å². The van der Waals surface area contributed by atoms with Crippen LogP contribution in [0.2, 0.25) is 0 Å². The van der Waals surface area contributed by atoms with E-state index < -0.39 is 11.9 Å². The van der Waals surface area contributed by atoms with Crippen molar-refractivity contribution in [2.45, 2.75) is 110 Å². The lowest BCUT2D eigenvalue weighted by Crippen LogP contribution is -2.27. The van der Waals surface area contributed by atoms with Gasteiger partial charge in [-0.25, -0.2) is 0 Å². The third-order valence-corrected chi connectivity index (χ3v) is 6.15. The molecule has 1 aromatic carbocycles. The summed E-state index contributed by atoms with van der Waals surface area (Å²) >= 11 is 0. The summed E-state index contributed by atoms with van der Waals surface area (Å²) in [5.41, 5.74) is 0.501. The van der Waals surface area contributed by atoms with Gasteiger partial charge in [0.15, 0.2) is 11.6 Å². The second-order valence-electron chi connectivity index (χ2n) is 8.89. The fraction of sp³-hybridized carbons (Fsp3) is 0.679. The molecule has 32 heavy (non-hydrogen) atoms. The maximum Gasteiger partial charge on any atom is 0.316 e. The van der Waals surface area contributed by atoms with Crippen molar-refractivity contribution in [3.63, 3.8) is 0 Å². The zero-order valence-corrected chi connectivity index (χ0v) is 20.4. The standard InChI is InChI=1S/C28H44O4/c1-3-4-5-6-7-8-9-10-11-12-13-14-15-19-22-25(28(31)32-2)27(30)23-26(29)24-20-17-16-18-21-24/h16-18,20-21,25H,3-15,19,22-23H2,1-2H3. The van der Waals surface area contributed by atoms with Gasteiger partial charge in [0.25, 0.3) is 0 Å². The molecule has 0 aliphatic carbocycles. The van der Waals surface area contributed by atoms with Crippen LogP contribution in [0.25, 0.3) is 0 Å². The summed E-state index contributed by atoms with van der Waals surface area (Å²) in [6.07, 6.45) is 17.9. The van der Waals surface area contributed by atoms with Crippen molar-refractivity contribution >= 4 is 17.5 Å². The molecule has 0 aliphatic heterocycles. The zero-order chi connectivity index (χ0) is 23.4. The van der Waals surface area contributed by atoms with Gasteiger partial charge >= 0.3 is 5.97 Å². The Hall–Kier alpha value is -1.97. The topological polar surface area (TPSA) is 60.4 Å². The number of methoxy groups -OCH3 is 1. The number of ketones is 2. The molecule has 0 bridgehead atoms. The SMILES string of the molecule is CCCCCCCCCCCCCCCCC(C(=O)CC(=O)c1ccccc1)C(=O)OC. The number of ether oxygens (including phenoxy) is 1. The number of rotatable bonds is 20. The van der Waals surface area contributed by atoms with Crippen LogP contribution >= 0.6 is 0 Å². The second kappa shape index (κ2) is 18.6. The summed E-state index contributed by atoms with van der Waals surface area (Å²) in [5, 5.41) is 0. The lowest BCUT2D eigenvalue weighted by molar-refractivity contribution is -0.149. The van der Waals surface area contributed by atoms with Gasteiger partial charge in [-0.2, -0.15) is 0 Å². The van der Waals surface area contributed by atoms with Crippen molar-refractivity contribution < 1.29 is 19.1 Å². The number of unbranched alkanes of at least 4 members (excludes halogenated alkanes) is 13. The number of Topliss-reactive ketones (excluding diaryl/α,β-unsaturated/α-hetero) is 2. The molecule has 0 radical (unpaired) electrons. The van der Waals surface area contributed by atoms with Gasteiger partial charge in [0.05, 0.1) is 13.5 Å². The lowest BCUT2D eigenvalue weighted by Gasteiger charge is -2.13. The van der Waals surface area contributed by atoms with Gasteiger partial charge in [0.1, 0.15) is 5.92 Å². The van der Waals surface area contributed by atoms with Crippen molar-refractivity contribution in [3.8, 4) is 0 Å². The number of esters is 1. The second-order valence-corrected chi connectivity index (χ2v) is 8.89. The van der Waals surface area contributed by atoms with E-state index in [9.17, 15) is 14.4 Å². The Bertz CT molecular complexity index is 638. The molecule has 180 valence electrons. The van der Waals surface area contributed by atoms with Crippen molar-refractivity contribution in [2.24, 2.45) is 5.92 Å². The van der Waals surface area contributed by atoms with Crippen LogP contribution in [0.15, 0.2) is 30.3 Å².